The maximum atomic E-state index is 13.5. The molecule has 35 heavy (non-hydrogen) atoms. The Labute approximate surface area is 199 Å². The highest BCUT2D eigenvalue weighted by Crippen LogP contribution is 2.55. The fourth-order valence-electron chi connectivity index (χ4n) is 5.40. The third-order valence-electron chi connectivity index (χ3n) is 6.98. The number of allylic oxidation sites excluding steroid dienone is 4. The van der Waals surface area contributed by atoms with Crippen LogP contribution >= 0.6 is 0 Å². The van der Waals surface area contributed by atoms with Crippen LogP contribution in [0.2, 0.25) is 0 Å². The predicted octanol–water partition coefficient (Wildman–Crippen LogP) is 3.20. The summed E-state index contributed by atoms with van der Waals surface area (Å²) in [7, 11) is 1.32. The van der Waals surface area contributed by atoms with Gasteiger partial charge in [0.05, 0.1) is 25.7 Å². The number of benzene rings is 2. The lowest BCUT2D eigenvalue weighted by Gasteiger charge is -2.40. The summed E-state index contributed by atoms with van der Waals surface area (Å²) in [5.41, 5.74) is 2.74. The Kier molecular flexibility index (Phi) is 4.87. The average molecular weight is 477 g/mol. The van der Waals surface area contributed by atoms with Gasteiger partial charge in [0.15, 0.2) is 17.3 Å². The van der Waals surface area contributed by atoms with Crippen molar-refractivity contribution in [1.29, 1.82) is 0 Å². The third kappa shape index (κ3) is 3.38. The van der Waals surface area contributed by atoms with E-state index in [4.69, 9.17) is 18.9 Å². The highest BCUT2D eigenvalue weighted by Gasteiger charge is 2.53. The molecule has 1 N–H and O–H groups in total. The molecule has 2 aromatic rings. The molecule has 0 radical (unpaired) electrons. The van der Waals surface area contributed by atoms with E-state index in [1.54, 1.807) is 12.1 Å². The Morgan fingerprint density at radius 2 is 1.69 bits per heavy atom. The van der Waals surface area contributed by atoms with Gasteiger partial charge in [0, 0.05) is 17.5 Å². The molecule has 2 aliphatic carbocycles. The number of esters is 1. The SMILES string of the molecule is COC1=CC([C@H]2c3cc4c(cc3[C@@H](Nc3ccc(F)cc3)C3COC(=O)[C@@H]32)OCO4)=CC(=O)C1=O. The average Bonchev–Trinajstić information content (AvgIpc) is 3.47. The van der Waals surface area contributed by atoms with Gasteiger partial charge in [-0.25, -0.2) is 4.39 Å². The van der Waals surface area contributed by atoms with Crippen LogP contribution in [0.25, 0.3) is 0 Å². The molecule has 6 rings (SSSR count). The molecule has 1 fully saturated rings. The third-order valence-corrected chi connectivity index (χ3v) is 6.98. The van der Waals surface area contributed by atoms with Crippen molar-refractivity contribution in [3.63, 3.8) is 0 Å². The van der Waals surface area contributed by atoms with E-state index in [1.165, 1.54) is 31.4 Å². The molecule has 1 unspecified atom stereocenters. The Bertz CT molecular complexity index is 1330. The molecule has 9 heteroatoms. The van der Waals surface area contributed by atoms with E-state index >= 15 is 0 Å². The number of halogens is 1. The summed E-state index contributed by atoms with van der Waals surface area (Å²) < 4.78 is 35.4. The quantitative estimate of drug-likeness (QED) is 0.407. The summed E-state index contributed by atoms with van der Waals surface area (Å²) in [6.45, 7) is 0.227. The second-order valence-corrected chi connectivity index (χ2v) is 8.81. The molecule has 4 atom stereocenters. The van der Waals surface area contributed by atoms with E-state index in [0.717, 1.165) is 11.1 Å². The second kappa shape index (κ2) is 7.97. The van der Waals surface area contributed by atoms with Gasteiger partial charge < -0.3 is 24.3 Å². The Morgan fingerprint density at radius 3 is 2.40 bits per heavy atom. The summed E-state index contributed by atoms with van der Waals surface area (Å²) in [6.07, 6.45) is 2.78. The fourth-order valence-corrected chi connectivity index (χ4v) is 5.40. The number of hydrogen-bond acceptors (Lipinski definition) is 8. The van der Waals surface area contributed by atoms with Gasteiger partial charge in [-0.05, 0) is 65.3 Å². The van der Waals surface area contributed by atoms with Crippen LogP contribution in [-0.4, -0.2) is 38.0 Å². The molecule has 2 aromatic carbocycles. The maximum Gasteiger partial charge on any atom is 0.310 e. The Balaban J connectivity index is 1.53. The zero-order valence-electron chi connectivity index (χ0n) is 18.6. The van der Waals surface area contributed by atoms with Gasteiger partial charge in [0.25, 0.3) is 5.78 Å². The van der Waals surface area contributed by atoms with Crippen LogP contribution in [-0.2, 0) is 23.9 Å². The van der Waals surface area contributed by atoms with Crippen LogP contribution in [0.5, 0.6) is 11.5 Å². The number of cyclic esters (lactones) is 1. The number of carbonyl (C=O) groups is 3. The largest absolute Gasteiger partial charge is 0.492 e. The topological polar surface area (TPSA) is 100 Å². The number of methoxy groups -OCH3 is 1. The Hall–Kier alpha value is -4.14. The number of rotatable bonds is 4. The van der Waals surface area contributed by atoms with Crippen LogP contribution < -0.4 is 14.8 Å². The number of carbonyl (C=O) groups excluding carboxylic acids is 3. The summed E-state index contributed by atoms with van der Waals surface area (Å²) in [6, 6.07) is 9.27. The van der Waals surface area contributed by atoms with E-state index in [-0.39, 0.29) is 36.9 Å². The molecule has 2 aliphatic heterocycles. The lowest BCUT2D eigenvalue weighted by atomic mass is 9.64. The van der Waals surface area contributed by atoms with Crippen LogP contribution in [0.15, 0.2) is 59.9 Å². The monoisotopic (exact) mass is 477 g/mol. The number of anilines is 1. The summed E-state index contributed by atoms with van der Waals surface area (Å²) in [4.78, 5) is 37.7. The number of hydrogen-bond donors (Lipinski definition) is 1. The normalized spacial score (nSPS) is 26.4. The molecule has 1 saturated heterocycles. The summed E-state index contributed by atoms with van der Waals surface area (Å²) in [5, 5.41) is 3.43. The van der Waals surface area contributed by atoms with E-state index in [0.29, 0.717) is 22.8 Å². The van der Waals surface area contributed by atoms with Crippen molar-refractivity contribution in [2.24, 2.45) is 11.8 Å². The van der Waals surface area contributed by atoms with Crippen molar-refractivity contribution in [1.82, 2.24) is 0 Å². The molecule has 178 valence electrons. The van der Waals surface area contributed by atoms with Crippen LogP contribution in [0, 0.1) is 17.7 Å². The predicted molar refractivity (Wildman–Crippen MR) is 119 cm³/mol. The van der Waals surface area contributed by atoms with E-state index < -0.39 is 29.4 Å². The van der Waals surface area contributed by atoms with Gasteiger partial charge in [0.1, 0.15) is 5.82 Å². The lowest BCUT2D eigenvalue weighted by molar-refractivity contribution is -0.141. The van der Waals surface area contributed by atoms with Crippen molar-refractivity contribution in [2.75, 3.05) is 25.8 Å². The molecule has 0 aromatic heterocycles. The zero-order chi connectivity index (χ0) is 24.3. The van der Waals surface area contributed by atoms with Gasteiger partial charge in [-0.15, -0.1) is 0 Å². The zero-order valence-corrected chi connectivity index (χ0v) is 18.6. The number of nitrogens with one attached hydrogen (secondary N) is 1. The van der Waals surface area contributed by atoms with Crippen LogP contribution in [0.1, 0.15) is 23.1 Å². The number of ketones is 2. The molecule has 0 spiro atoms. The molecular formula is C26H20FNO7. The van der Waals surface area contributed by atoms with Crippen molar-refractivity contribution in [3.05, 3.63) is 76.8 Å². The molecular weight excluding hydrogens is 457 g/mol. The lowest BCUT2D eigenvalue weighted by Crippen LogP contribution is -2.38. The smallest absolute Gasteiger partial charge is 0.310 e. The maximum absolute atomic E-state index is 13.5. The van der Waals surface area contributed by atoms with E-state index in [9.17, 15) is 18.8 Å². The van der Waals surface area contributed by atoms with Gasteiger partial charge in [-0.2, -0.15) is 0 Å². The van der Waals surface area contributed by atoms with Gasteiger partial charge in [0.2, 0.25) is 12.6 Å². The number of Topliss-reactive ketones (excluding diaryl/α,β-unsaturated/α-hetero) is 1. The highest BCUT2D eigenvalue weighted by molar-refractivity contribution is 6.47. The summed E-state index contributed by atoms with van der Waals surface area (Å²) >= 11 is 0. The Morgan fingerprint density at radius 1 is 0.971 bits per heavy atom. The first-order valence-electron chi connectivity index (χ1n) is 11.1. The minimum Gasteiger partial charge on any atom is -0.492 e. The summed E-state index contributed by atoms with van der Waals surface area (Å²) in [5.74, 6) is -2.71. The van der Waals surface area contributed by atoms with Crippen molar-refractivity contribution >= 4 is 23.2 Å². The minimum atomic E-state index is -0.737. The van der Waals surface area contributed by atoms with Crippen molar-refractivity contribution in [2.45, 2.75) is 12.0 Å². The molecule has 2 heterocycles. The highest BCUT2D eigenvalue weighted by atomic mass is 19.1. The van der Waals surface area contributed by atoms with Crippen LogP contribution in [0.3, 0.4) is 0 Å². The number of ether oxygens (including phenoxy) is 4. The van der Waals surface area contributed by atoms with Gasteiger partial charge >= 0.3 is 5.97 Å². The first-order chi connectivity index (χ1) is 16.9. The van der Waals surface area contributed by atoms with E-state index in [2.05, 4.69) is 5.32 Å². The minimum absolute atomic E-state index is 0.0667. The standard InChI is InChI=1S/C26H20FNO7/c1-32-21-7-12(6-18(29)25(21)30)22-15-8-19-20(35-11-34-19)9-16(15)24(17-10-33-26(31)23(17)22)28-14-4-2-13(27)3-5-14/h2-9,17,22-24,28H,10-11H2,1H3/t17?,22-,23-,24+/m0/s1. The molecule has 8 nitrogen and oxygen atoms in total. The first-order valence-corrected chi connectivity index (χ1v) is 11.1. The van der Waals surface area contributed by atoms with Crippen molar-refractivity contribution in [3.8, 4) is 11.5 Å². The number of fused-ring (bicyclic) bond motifs is 3. The van der Waals surface area contributed by atoms with E-state index in [1.807, 2.05) is 12.1 Å². The van der Waals surface area contributed by atoms with Crippen molar-refractivity contribution < 1.29 is 37.7 Å². The molecule has 0 bridgehead atoms. The molecule has 0 amide bonds. The second-order valence-electron chi connectivity index (χ2n) is 8.81. The molecule has 0 saturated carbocycles. The van der Waals surface area contributed by atoms with Crippen LogP contribution in [0.4, 0.5) is 10.1 Å². The van der Waals surface area contributed by atoms with Gasteiger partial charge in [-0.3, -0.25) is 14.4 Å². The first kappa shape index (κ1) is 21.4. The molecule has 4 aliphatic rings. The fraction of sp³-hybridized carbons (Fsp3) is 0.269. The van der Waals surface area contributed by atoms with Gasteiger partial charge in [-0.1, -0.05) is 0 Å².